The Morgan fingerprint density at radius 1 is 0.935 bits per heavy atom. The summed E-state index contributed by atoms with van der Waals surface area (Å²) >= 11 is 2.64. The summed E-state index contributed by atoms with van der Waals surface area (Å²) in [5.41, 5.74) is 2.69. The van der Waals surface area contributed by atoms with Crippen molar-refractivity contribution in [1.82, 2.24) is 29.3 Å². The van der Waals surface area contributed by atoms with Crippen LogP contribution in [0.3, 0.4) is 0 Å². The number of nitrogens with zero attached hydrogens (tertiary/aromatic N) is 4. The van der Waals surface area contributed by atoms with Crippen LogP contribution in [0.1, 0.15) is 51.9 Å². The molecule has 4 aromatic rings. The molecular formula is C21H22N6O2S2. The van der Waals surface area contributed by atoms with Gasteiger partial charge in [0, 0.05) is 35.8 Å². The highest BCUT2D eigenvalue weighted by Gasteiger charge is 2.17. The summed E-state index contributed by atoms with van der Waals surface area (Å²) in [6.07, 6.45) is 4.74. The first-order valence-electron chi connectivity index (χ1n) is 9.99. The summed E-state index contributed by atoms with van der Waals surface area (Å²) in [6, 6.07) is 3.43. The molecule has 2 N–H and O–H groups in total. The predicted molar refractivity (Wildman–Crippen MR) is 123 cm³/mol. The van der Waals surface area contributed by atoms with Gasteiger partial charge in [-0.3, -0.25) is 9.59 Å². The molecule has 160 valence electrons. The molecular weight excluding hydrogens is 432 g/mol. The quantitative estimate of drug-likeness (QED) is 0.441. The van der Waals surface area contributed by atoms with Crippen LogP contribution in [0.25, 0.3) is 20.4 Å². The van der Waals surface area contributed by atoms with Gasteiger partial charge in [-0.05, 0) is 55.5 Å². The van der Waals surface area contributed by atoms with Gasteiger partial charge in [-0.2, -0.15) is 8.75 Å². The average Bonchev–Trinajstić information content (AvgIpc) is 3.34. The Hall–Kier alpha value is -2.98. The molecule has 1 atom stereocenters. The lowest BCUT2D eigenvalue weighted by atomic mass is 10.1. The van der Waals surface area contributed by atoms with E-state index in [1.54, 1.807) is 12.4 Å². The van der Waals surface area contributed by atoms with Gasteiger partial charge in [0.15, 0.2) is 0 Å². The molecule has 0 radical (unpaired) electrons. The number of fused-ring (bicyclic) bond motifs is 2. The Morgan fingerprint density at radius 3 is 2.03 bits per heavy atom. The van der Waals surface area contributed by atoms with Crippen molar-refractivity contribution in [1.29, 1.82) is 0 Å². The second kappa shape index (κ2) is 9.03. The van der Waals surface area contributed by atoms with Crippen molar-refractivity contribution in [2.45, 2.75) is 39.7 Å². The van der Waals surface area contributed by atoms with E-state index < -0.39 is 0 Å². The molecule has 0 aliphatic carbocycles. The van der Waals surface area contributed by atoms with Crippen LogP contribution in [-0.4, -0.2) is 43.1 Å². The molecule has 0 spiro atoms. The van der Waals surface area contributed by atoms with Crippen LogP contribution in [-0.2, 0) is 0 Å². The molecule has 0 aliphatic heterocycles. The molecule has 0 saturated carbocycles. The number of amides is 2. The second-order valence-electron chi connectivity index (χ2n) is 7.36. The first kappa shape index (κ1) is 21.3. The van der Waals surface area contributed by atoms with E-state index in [1.165, 1.54) is 23.1 Å². The molecule has 0 aliphatic rings. The molecule has 10 heteroatoms. The van der Waals surface area contributed by atoms with Crippen molar-refractivity contribution < 1.29 is 9.59 Å². The Kier molecular flexibility index (Phi) is 6.19. The van der Waals surface area contributed by atoms with Crippen molar-refractivity contribution in [3.63, 3.8) is 0 Å². The highest BCUT2D eigenvalue weighted by Crippen LogP contribution is 2.22. The van der Waals surface area contributed by atoms with Crippen LogP contribution < -0.4 is 10.6 Å². The van der Waals surface area contributed by atoms with Crippen molar-refractivity contribution in [3.05, 3.63) is 47.0 Å². The maximum Gasteiger partial charge on any atom is 0.253 e. The zero-order valence-electron chi connectivity index (χ0n) is 17.4. The third-order valence-corrected chi connectivity index (χ3v) is 6.75. The summed E-state index contributed by atoms with van der Waals surface area (Å²) in [5, 5.41) is 7.71. The van der Waals surface area contributed by atoms with Gasteiger partial charge in [0.2, 0.25) is 0 Å². The largest absolute Gasteiger partial charge is 0.350 e. The van der Waals surface area contributed by atoms with Gasteiger partial charge in [0.1, 0.15) is 9.66 Å². The van der Waals surface area contributed by atoms with Crippen LogP contribution in [0.5, 0.6) is 0 Å². The van der Waals surface area contributed by atoms with Gasteiger partial charge in [0.25, 0.3) is 11.8 Å². The van der Waals surface area contributed by atoms with E-state index in [4.69, 9.17) is 0 Å². The molecule has 4 heterocycles. The number of aromatic nitrogens is 4. The molecule has 0 saturated heterocycles. The summed E-state index contributed by atoms with van der Waals surface area (Å²) in [5.74, 6) is -0.436. The van der Waals surface area contributed by atoms with Crippen LogP contribution in [0.15, 0.2) is 24.5 Å². The Labute approximate surface area is 187 Å². The number of rotatable bonds is 7. The zero-order valence-corrected chi connectivity index (χ0v) is 19.1. The SMILES string of the molecule is CCCC(CNC(=O)c1cnc2snc(C)c2c1)NC(=O)c1cnc2snc(C)c2c1. The lowest BCUT2D eigenvalue weighted by Gasteiger charge is -2.19. The van der Waals surface area contributed by atoms with Crippen LogP contribution in [0.4, 0.5) is 0 Å². The third-order valence-electron chi connectivity index (χ3n) is 5.03. The van der Waals surface area contributed by atoms with E-state index in [-0.39, 0.29) is 17.9 Å². The Balaban J connectivity index is 1.42. The van der Waals surface area contributed by atoms with Gasteiger partial charge in [-0.25, -0.2) is 9.97 Å². The van der Waals surface area contributed by atoms with E-state index in [0.29, 0.717) is 17.7 Å². The van der Waals surface area contributed by atoms with Crippen molar-refractivity contribution in [2.75, 3.05) is 6.54 Å². The predicted octanol–water partition coefficient (Wildman–Crippen LogP) is 3.64. The van der Waals surface area contributed by atoms with E-state index in [9.17, 15) is 9.59 Å². The van der Waals surface area contributed by atoms with Crippen molar-refractivity contribution in [3.8, 4) is 0 Å². The number of carbonyl (C=O) groups excluding carboxylic acids is 2. The van der Waals surface area contributed by atoms with Crippen LogP contribution in [0.2, 0.25) is 0 Å². The number of aryl methyl sites for hydroxylation is 2. The minimum absolute atomic E-state index is 0.194. The zero-order chi connectivity index (χ0) is 22.0. The molecule has 0 bridgehead atoms. The van der Waals surface area contributed by atoms with Gasteiger partial charge in [-0.15, -0.1) is 0 Å². The smallest absolute Gasteiger partial charge is 0.253 e. The molecule has 2 amide bonds. The fraction of sp³-hybridized carbons (Fsp3) is 0.333. The number of hydrogen-bond acceptors (Lipinski definition) is 8. The molecule has 0 fully saturated rings. The Morgan fingerprint density at radius 2 is 1.48 bits per heavy atom. The fourth-order valence-corrected chi connectivity index (χ4v) is 4.75. The topological polar surface area (TPSA) is 110 Å². The maximum atomic E-state index is 12.8. The van der Waals surface area contributed by atoms with Gasteiger partial charge < -0.3 is 10.6 Å². The normalized spacial score (nSPS) is 12.2. The molecule has 1 unspecified atom stereocenters. The van der Waals surface area contributed by atoms with Gasteiger partial charge in [-0.1, -0.05) is 13.3 Å². The number of nitrogens with one attached hydrogen (secondary N) is 2. The lowest BCUT2D eigenvalue weighted by Crippen LogP contribution is -2.43. The Bertz CT molecular complexity index is 1270. The number of carbonyl (C=O) groups is 2. The van der Waals surface area contributed by atoms with E-state index in [1.807, 2.05) is 32.9 Å². The van der Waals surface area contributed by atoms with E-state index >= 15 is 0 Å². The minimum Gasteiger partial charge on any atom is -0.350 e. The summed E-state index contributed by atoms with van der Waals surface area (Å²) in [4.78, 5) is 35.7. The summed E-state index contributed by atoms with van der Waals surface area (Å²) in [7, 11) is 0. The molecule has 4 rings (SSSR count). The summed E-state index contributed by atoms with van der Waals surface area (Å²) in [6.45, 7) is 6.16. The molecule has 4 aromatic heterocycles. The maximum absolute atomic E-state index is 12.8. The van der Waals surface area contributed by atoms with Crippen LogP contribution in [0, 0.1) is 13.8 Å². The third kappa shape index (κ3) is 4.54. The standard InChI is InChI=1S/C21H22N6O2S2/c1-4-5-15(25-19(29)14-7-17-12(3)27-31-21(17)24-9-14)10-22-18(28)13-6-16-11(2)26-30-20(16)23-8-13/h6-9,15H,4-5,10H2,1-3H3,(H,22,28)(H,25,29). The monoisotopic (exact) mass is 454 g/mol. The van der Waals surface area contributed by atoms with Gasteiger partial charge in [0.05, 0.1) is 22.5 Å². The minimum atomic E-state index is -0.224. The highest BCUT2D eigenvalue weighted by atomic mass is 32.1. The lowest BCUT2D eigenvalue weighted by molar-refractivity contribution is 0.0906. The highest BCUT2D eigenvalue weighted by molar-refractivity contribution is 7.13. The number of pyridine rings is 2. The molecule has 0 aromatic carbocycles. The number of hydrogen-bond donors (Lipinski definition) is 2. The average molecular weight is 455 g/mol. The summed E-state index contributed by atoms with van der Waals surface area (Å²) < 4.78 is 8.55. The fourth-order valence-electron chi connectivity index (χ4n) is 3.30. The first-order chi connectivity index (χ1) is 15.0. The van der Waals surface area contributed by atoms with E-state index in [0.717, 1.165) is 44.7 Å². The van der Waals surface area contributed by atoms with E-state index in [2.05, 4.69) is 29.3 Å². The second-order valence-corrected chi connectivity index (χ2v) is 8.86. The van der Waals surface area contributed by atoms with Crippen molar-refractivity contribution in [2.24, 2.45) is 0 Å². The molecule has 31 heavy (non-hydrogen) atoms. The first-order valence-corrected chi connectivity index (χ1v) is 11.5. The molecule has 8 nitrogen and oxygen atoms in total. The van der Waals surface area contributed by atoms with Gasteiger partial charge >= 0.3 is 0 Å². The van der Waals surface area contributed by atoms with Crippen molar-refractivity contribution >= 4 is 55.3 Å². The van der Waals surface area contributed by atoms with Crippen LogP contribution >= 0.6 is 23.1 Å².